The molecule has 0 aliphatic heterocycles. The van der Waals surface area contributed by atoms with Crippen LogP contribution in [-0.4, -0.2) is 26.6 Å². The highest BCUT2D eigenvalue weighted by atomic mass is 16.5. The Labute approximate surface area is 147 Å². The van der Waals surface area contributed by atoms with Gasteiger partial charge in [-0.25, -0.2) is 9.97 Å². The predicted octanol–water partition coefficient (Wildman–Crippen LogP) is 2.39. The van der Waals surface area contributed by atoms with Gasteiger partial charge in [-0.2, -0.15) is 0 Å². The summed E-state index contributed by atoms with van der Waals surface area (Å²) >= 11 is 0. The molecule has 132 valence electrons. The van der Waals surface area contributed by atoms with Gasteiger partial charge in [0.25, 0.3) is 5.56 Å². The number of ether oxygens (including phenoxy) is 1. The molecule has 1 aromatic carbocycles. The molecule has 3 heterocycles. The fourth-order valence-electron chi connectivity index (χ4n) is 2.84. The fraction of sp³-hybridized carbons (Fsp3) is 0.167. The molecule has 8 nitrogen and oxygen atoms in total. The number of oxazole rings is 1. The molecular weight excluding hydrogens is 336 g/mol. The number of benzene rings is 1. The number of fused-ring (bicyclic) bond motifs is 2. The smallest absolute Gasteiger partial charge is 0.265 e. The van der Waals surface area contributed by atoms with Gasteiger partial charge in [-0.15, -0.1) is 0 Å². The van der Waals surface area contributed by atoms with Gasteiger partial charge in [-0.1, -0.05) is 0 Å². The molecule has 8 heteroatoms. The molecule has 4 aromatic rings. The summed E-state index contributed by atoms with van der Waals surface area (Å²) in [5.41, 5.74) is 2.19. The average Bonchev–Trinajstić information content (AvgIpc) is 3.01. The van der Waals surface area contributed by atoms with Crippen molar-refractivity contribution in [2.75, 3.05) is 12.4 Å². The minimum absolute atomic E-state index is 0.159. The molecule has 2 N–H and O–H groups in total. The first-order chi connectivity index (χ1) is 12.6. The van der Waals surface area contributed by atoms with Gasteiger partial charge < -0.3 is 19.6 Å². The molecular formula is C18H16N4O4. The van der Waals surface area contributed by atoms with Crippen LogP contribution in [0.2, 0.25) is 0 Å². The summed E-state index contributed by atoms with van der Waals surface area (Å²) in [6, 6.07) is 8.77. The van der Waals surface area contributed by atoms with Crippen molar-refractivity contribution in [2.24, 2.45) is 0 Å². The number of hydrogen-bond donors (Lipinski definition) is 2. The van der Waals surface area contributed by atoms with Crippen LogP contribution in [0.3, 0.4) is 0 Å². The third kappa shape index (κ3) is 2.56. The van der Waals surface area contributed by atoms with E-state index in [9.17, 15) is 9.90 Å². The van der Waals surface area contributed by atoms with Crippen molar-refractivity contribution in [1.82, 2.24) is 14.4 Å². The van der Waals surface area contributed by atoms with E-state index in [1.54, 1.807) is 43.5 Å². The number of methoxy groups -OCH3 is 1. The van der Waals surface area contributed by atoms with Crippen molar-refractivity contribution in [3.63, 3.8) is 0 Å². The van der Waals surface area contributed by atoms with Crippen LogP contribution < -0.4 is 15.6 Å². The summed E-state index contributed by atoms with van der Waals surface area (Å²) in [7, 11) is 1.51. The minimum Gasteiger partial charge on any atom is -0.493 e. The number of aromatic nitrogens is 3. The lowest BCUT2D eigenvalue weighted by Gasteiger charge is -2.13. The van der Waals surface area contributed by atoms with Crippen molar-refractivity contribution in [3.8, 4) is 5.75 Å². The Morgan fingerprint density at radius 2 is 2.15 bits per heavy atom. The van der Waals surface area contributed by atoms with E-state index >= 15 is 0 Å². The number of aryl methyl sites for hydroxylation is 1. The lowest BCUT2D eigenvalue weighted by molar-refractivity contribution is 0.280. The fourth-order valence-corrected chi connectivity index (χ4v) is 2.84. The molecule has 26 heavy (non-hydrogen) atoms. The Bertz CT molecular complexity index is 1180. The molecule has 0 radical (unpaired) electrons. The van der Waals surface area contributed by atoms with Crippen LogP contribution in [0.4, 0.5) is 11.5 Å². The zero-order valence-corrected chi connectivity index (χ0v) is 14.2. The summed E-state index contributed by atoms with van der Waals surface area (Å²) in [5, 5.41) is 12.8. The van der Waals surface area contributed by atoms with Crippen molar-refractivity contribution in [3.05, 3.63) is 58.3 Å². The number of aliphatic hydroxyl groups excluding tert-OH is 1. The van der Waals surface area contributed by atoms with E-state index in [2.05, 4.69) is 15.3 Å². The standard InChI is InChI=1S/C18H16N4O4/c1-10-19-13-8-11(5-6-14(13)26-10)20-16-12(9-23)18(24)22-7-3-4-15(25-2)17(22)21-16/h3-8,20,23H,9H2,1-2H3. The summed E-state index contributed by atoms with van der Waals surface area (Å²) in [6.45, 7) is 1.33. The van der Waals surface area contributed by atoms with E-state index in [0.717, 1.165) is 0 Å². The predicted molar refractivity (Wildman–Crippen MR) is 96.0 cm³/mol. The third-order valence-corrected chi connectivity index (χ3v) is 4.05. The third-order valence-electron chi connectivity index (χ3n) is 4.05. The van der Waals surface area contributed by atoms with E-state index < -0.39 is 6.61 Å². The second-order valence-corrected chi connectivity index (χ2v) is 5.71. The van der Waals surface area contributed by atoms with E-state index in [1.165, 1.54) is 11.5 Å². The largest absolute Gasteiger partial charge is 0.493 e. The molecule has 0 spiro atoms. The SMILES string of the molecule is COc1cccn2c(=O)c(CO)c(Nc3ccc4oc(C)nc4c3)nc12. The highest BCUT2D eigenvalue weighted by molar-refractivity contribution is 5.79. The van der Waals surface area contributed by atoms with Crippen molar-refractivity contribution in [1.29, 1.82) is 0 Å². The number of anilines is 2. The Kier molecular flexibility index (Phi) is 3.81. The maximum Gasteiger partial charge on any atom is 0.265 e. The van der Waals surface area contributed by atoms with Gasteiger partial charge in [0.2, 0.25) is 0 Å². The molecule has 0 atom stereocenters. The topological polar surface area (TPSA) is 102 Å². The first-order valence-corrected chi connectivity index (χ1v) is 7.94. The highest BCUT2D eigenvalue weighted by Crippen LogP contribution is 2.25. The lowest BCUT2D eigenvalue weighted by Crippen LogP contribution is -2.22. The van der Waals surface area contributed by atoms with Gasteiger partial charge >= 0.3 is 0 Å². The van der Waals surface area contributed by atoms with E-state index in [1.807, 2.05) is 0 Å². The number of aliphatic hydroxyl groups is 1. The van der Waals surface area contributed by atoms with Crippen molar-refractivity contribution < 1.29 is 14.3 Å². The summed E-state index contributed by atoms with van der Waals surface area (Å²) in [6.07, 6.45) is 1.58. The van der Waals surface area contributed by atoms with Gasteiger partial charge in [0.05, 0.1) is 19.3 Å². The van der Waals surface area contributed by atoms with Crippen LogP contribution in [0.25, 0.3) is 16.7 Å². The lowest BCUT2D eigenvalue weighted by atomic mass is 10.2. The van der Waals surface area contributed by atoms with Gasteiger partial charge in [0, 0.05) is 18.8 Å². The minimum atomic E-state index is -0.445. The molecule has 4 rings (SSSR count). The van der Waals surface area contributed by atoms with Crippen LogP contribution in [-0.2, 0) is 6.61 Å². The number of pyridine rings is 1. The number of nitrogens with zero attached hydrogens (tertiary/aromatic N) is 3. The Morgan fingerprint density at radius 1 is 1.31 bits per heavy atom. The van der Waals surface area contributed by atoms with Crippen LogP contribution >= 0.6 is 0 Å². The number of nitrogens with one attached hydrogen (secondary N) is 1. The molecule has 3 aromatic heterocycles. The second kappa shape index (κ2) is 6.16. The van der Waals surface area contributed by atoms with Crippen LogP contribution in [0.1, 0.15) is 11.5 Å². The zero-order chi connectivity index (χ0) is 18.3. The van der Waals surface area contributed by atoms with Gasteiger partial charge in [0.1, 0.15) is 11.3 Å². The molecule has 0 saturated carbocycles. The average molecular weight is 352 g/mol. The van der Waals surface area contributed by atoms with Crippen LogP contribution in [0, 0.1) is 6.92 Å². The number of rotatable bonds is 4. The highest BCUT2D eigenvalue weighted by Gasteiger charge is 2.15. The summed E-state index contributed by atoms with van der Waals surface area (Å²) in [5.74, 6) is 1.29. The molecule has 0 fully saturated rings. The Morgan fingerprint density at radius 3 is 2.92 bits per heavy atom. The van der Waals surface area contributed by atoms with Gasteiger partial charge in [0.15, 0.2) is 22.9 Å². The number of hydrogen-bond acceptors (Lipinski definition) is 7. The Hall–Kier alpha value is -3.39. The molecule has 0 aliphatic carbocycles. The van der Waals surface area contributed by atoms with Gasteiger partial charge in [-0.3, -0.25) is 9.20 Å². The monoisotopic (exact) mass is 352 g/mol. The zero-order valence-electron chi connectivity index (χ0n) is 14.2. The van der Waals surface area contributed by atoms with Crippen molar-refractivity contribution in [2.45, 2.75) is 13.5 Å². The van der Waals surface area contributed by atoms with E-state index in [0.29, 0.717) is 34.1 Å². The molecule has 0 amide bonds. The molecule has 0 unspecified atom stereocenters. The molecule has 0 aliphatic rings. The first kappa shape index (κ1) is 16.1. The van der Waals surface area contributed by atoms with E-state index in [-0.39, 0.29) is 16.9 Å². The van der Waals surface area contributed by atoms with Crippen molar-refractivity contribution >= 4 is 28.3 Å². The summed E-state index contributed by atoms with van der Waals surface area (Å²) in [4.78, 5) is 21.5. The van der Waals surface area contributed by atoms with Crippen LogP contribution in [0.15, 0.2) is 45.7 Å². The molecule has 0 saturated heterocycles. The first-order valence-electron chi connectivity index (χ1n) is 7.94. The second-order valence-electron chi connectivity index (χ2n) is 5.71. The Balaban J connectivity index is 1.87. The molecule has 0 bridgehead atoms. The van der Waals surface area contributed by atoms with E-state index in [4.69, 9.17) is 9.15 Å². The summed E-state index contributed by atoms with van der Waals surface area (Å²) < 4.78 is 12.1. The maximum absolute atomic E-state index is 12.7. The normalized spacial score (nSPS) is 11.2. The quantitative estimate of drug-likeness (QED) is 0.581. The van der Waals surface area contributed by atoms with Crippen LogP contribution in [0.5, 0.6) is 5.75 Å². The van der Waals surface area contributed by atoms with Gasteiger partial charge in [-0.05, 0) is 30.3 Å². The maximum atomic E-state index is 12.7.